The number of Topliss-reactive ketones (excluding diaryl/α,β-unsaturated/α-hetero) is 1. The van der Waals surface area contributed by atoms with E-state index in [0.29, 0.717) is 11.5 Å². The van der Waals surface area contributed by atoms with Gasteiger partial charge in [0.1, 0.15) is 0 Å². The van der Waals surface area contributed by atoms with E-state index in [1.54, 1.807) is 13.8 Å². The Hall–Kier alpha value is -1.64. The second kappa shape index (κ2) is 7.07. The van der Waals surface area contributed by atoms with Gasteiger partial charge in [0.2, 0.25) is 5.91 Å². The molecule has 0 aliphatic heterocycles. The van der Waals surface area contributed by atoms with Crippen molar-refractivity contribution in [3.63, 3.8) is 0 Å². The Kier molecular flexibility index (Phi) is 5.74. The first kappa shape index (κ1) is 15.4. The average Bonchev–Trinajstić information content (AvgIpc) is 2.43. The second-order valence-corrected chi connectivity index (χ2v) is 5.23. The van der Waals surface area contributed by atoms with Gasteiger partial charge in [-0.05, 0) is 17.9 Å². The fourth-order valence-corrected chi connectivity index (χ4v) is 1.71. The number of carbonyl (C=O) groups is 2. The molecule has 1 aromatic rings. The predicted octanol–water partition coefficient (Wildman–Crippen LogP) is 3.16. The summed E-state index contributed by atoms with van der Waals surface area (Å²) in [5.41, 5.74) is 1.89. The molecule has 0 aromatic heterocycles. The van der Waals surface area contributed by atoms with Gasteiger partial charge in [0, 0.05) is 11.5 Å². The van der Waals surface area contributed by atoms with E-state index in [-0.39, 0.29) is 24.2 Å². The van der Waals surface area contributed by atoms with Crippen LogP contribution in [0.5, 0.6) is 0 Å². The molecule has 0 bridgehead atoms. The van der Waals surface area contributed by atoms with Crippen LogP contribution in [-0.4, -0.2) is 18.2 Å². The van der Waals surface area contributed by atoms with Gasteiger partial charge in [-0.2, -0.15) is 0 Å². The van der Waals surface area contributed by atoms with Crippen LogP contribution in [0.3, 0.4) is 0 Å². The van der Waals surface area contributed by atoms with E-state index in [0.717, 1.165) is 6.42 Å². The molecule has 0 aliphatic carbocycles. The average molecular weight is 261 g/mol. The van der Waals surface area contributed by atoms with E-state index in [9.17, 15) is 9.59 Å². The minimum absolute atomic E-state index is 0.0512. The maximum Gasteiger partial charge on any atom is 0.222 e. The highest BCUT2D eigenvalue weighted by molar-refractivity contribution is 5.99. The van der Waals surface area contributed by atoms with Gasteiger partial charge in [-0.1, -0.05) is 52.0 Å². The topological polar surface area (TPSA) is 46.2 Å². The number of rotatable bonds is 6. The summed E-state index contributed by atoms with van der Waals surface area (Å²) in [6, 6.07) is 7.66. The van der Waals surface area contributed by atoms with Gasteiger partial charge >= 0.3 is 0 Å². The molecule has 1 unspecified atom stereocenters. The van der Waals surface area contributed by atoms with Crippen LogP contribution >= 0.6 is 0 Å². The Labute approximate surface area is 115 Å². The molecule has 0 saturated carbocycles. The smallest absolute Gasteiger partial charge is 0.222 e. The van der Waals surface area contributed by atoms with Crippen LogP contribution in [0.25, 0.3) is 0 Å². The molecule has 1 atom stereocenters. The Morgan fingerprint density at radius 3 is 2.16 bits per heavy atom. The SMILES string of the molecule is CCC(C)c1ccc(C(=O)CNC(=O)C(C)C)cc1. The number of hydrogen-bond donors (Lipinski definition) is 1. The number of ketones is 1. The quantitative estimate of drug-likeness (QED) is 0.800. The molecule has 0 aliphatic rings. The van der Waals surface area contributed by atoms with Crippen molar-refractivity contribution >= 4 is 11.7 Å². The predicted molar refractivity (Wildman–Crippen MR) is 77.3 cm³/mol. The highest BCUT2D eigenvalue weighted by atomic mass is 16.2. The first-order valence-electron chi connectivity index (χ1n) is 6.86. The summed E-state index contributed by atoms with van der Waals surface area (Å²) >= 11 is 0. The van der Waals surface area contributed by atoms with Gasteiger partial charge in [-0.25, -0.2) is 0 Å². The van der Waals surface area contributed by atoms with Crippen molar-refractivity contribution in [2.75, 3.05) is 6.54 Å². The Morgan fingerprint density at radius 1 is 1.11 bits per heavy atom. The van der Waals surface area contributed by atoms with Crippen LogP contribution in [0.4, 0.5) is 0 Å². The van der Waals surface area contributed by atoms with Crippen molar-refractivity contribution in [2.24, 2.45) is 5.92 Å². The lowest BCUT2D eigenvalue weighted by Crippen LogP contribution is -2.32. The lowest BCUT2D eigenvalue weighted by Gasteiger charge is -2.10. The third-order valence-electron chi connectivity index (χ3n) is 3.36. The van der Waals surface area contributed by atoms with E-state index in [2.05, 4.69) is 19.2 Å². The molecular weight excluding hydrogens is 238 g/mol. The van der Waals surface area contributed by atoms with Crippen LogP contribution < -0.4 is 5.32 Å². The van der Waals surface area contributed by atoms with Crippen LogP contribution in [0.1, 0.15) is 56.0 Å². The number of nitrogens with one attached hydrogen (secondary N) is 1. The summed E-state index contributed by atoms with van der Waals surface area (Å²) < 4.78 is 0. The second-order valence-electron chi connectivity index (χ2n) is 5.23. The number of carbonyl (C=O) groups excluding carboxylic acids is 2. The number of hydrogen-bond acceptors (Lipinski definition) is 2. The van der Waals surface area contributed by atoms with Crippen molar-refractivity contribution in [1.82, 2.24) is 5.32 Å². The zero-order valence-electron chi connectivity index (χ0n) is 12.2. The molecule has 0 heterocycles. The highest BCUT2D eigenvalue weighted by Gasteiger charge is 2.11. The fraction of sp³-hybridized carbons (Fsp3) is 0.500. The van der Waals surface area contributed by atoms with Gasteiger partial charge in [0.15, 0.2) is 5.78 Å². The summed E-state index contributed by atoms with van der Waals surface area (Å²) in [6.45, 7) is 7.99. The molecule has 1 aromatic carbocycles. The number of benzene rings is 1. The van der Waals surface area contributed by atoms with Crippen molar-refractivity contribution in [1.29, 1.82) is 0 Å². The van der Waals surface area contributed by atoms with Crippen molar-refractivity contribution in [2.45, 2.75) is 40.0 Å². The number of amides is 1. The van der Waals surface area contributed by atoms with E-state index < -0.39 is 0 Å². The monoisotopic (exact) mass is 261 g/mol. The van der Waals surface area contributed by atoms with Gasteiger partial charge < -0.3 is 5.32 Å². The van der Waals surface area contributed by atoms with Crippen molar-refractivity contribution in [3.8, 4) is 0 Å². The van der Waals surface area contributed by atoms with Gasteiger partial charge in [-0.15, -0.1) is 0 Å². The van der Waals surface area contributed by atoms with Gasteiger partial charge in [0.25, 0.3) is 0 Å². The van der Waals surface area contributed by atoms with Crippen LogP contribution in [0.15, 0.2) is 24.3 Å². The van der Waals surface area contributed by atoms with Gasteiger partial charge in [-0.3, -0.25) is 9.59 Å². The van der Waals surface area contributed by atoms with E-state index in [4.69, 9.17) is 0 Å². The summed E-state index contributed by atoms with van der Waals surface area (Å²) in [4.78, 5) is 23.3. The lowest BCUT2D eigenvalue weighted by molar-refractivity contribution is -0.123. The third kappa shape index (κ3) is 4.51. The van der Waals surface area contributed by atoms with Gasteiger partial charge in [0.05, 0.1) is 6.54 Å². The zero-order chi connectivity index (χ0) is 14.4. The summed E-state index contributed by atoms with van der Waals surface area (Å²) in [6.07, 6.45) is 1.08. The first-order valence-corrected chi connectivity index (χ1v) is 6.86. The molecule has 104 valence electrons. The fourth-order valence-electron chi connectivity index (χ4n) is 1.71. The molecule has 0 saturated heterocycles. The van der Waals surface area contributed by atoms with Crippen molar-refractivity contribution < 1.29 is 9.59 Å². The highest BCUT2D eigenvalue weighted by Crippen LogP contribution is 2.18. The molecule has 0 spiro atoms. The maximum absolute atomic E-state index is 11.9. The molecule has 3 nitrogen and oxygen atoms in total. The Bertz CT molecular complexity index is 435. The zero-order valence-corrected chi connectivity index (χ0v) is 12.2. The van der Waals surface area contributed by atoms with E-state index in [1.165, 1.54) is 5.56 Å². The van der Waals surface area contributed by atoms with Crippen LogP contribution in [0.2, 0.25) is 0 Å². The minimum atomic E-state index is -0.0967. The Balaban J connectivity index is 2.61. The van der Waals surface area contributed by atoms with Crippen molar-refractivity contribution in [3.05, 3.63) is 35.4 Å². The Morgan fingerprint density at radius 2 is 1.68 bits per heavy atom. The molecule has 1 rings (SSSR count). The molecule has 1 N–H and O–H groups in total. The van der Waals surface area contributed by atoms with E-state index in [1.807, 2.05) is 24.3 Å². The van der Waals surface area contributed by atoms with Crippen LogP contribution in [-0.2, 0) is 4.79 Å². The summed E-state index contributed by atoms with van der Waals surface area (Å²) in [7, 11) is 0. The molecule has 0 radical (unpaired) electrons. The van der Waals surface area contributed by atoms with Crippen LogP contribution in [0, 0.1) is 5.92 Å². The minimum Gasteiger partial charge on any atom is -0.348 e. The molecule has 1 amide bonds. The lowest BCUT2D eigenvalue weighted by atomic mass is 9.97. The maximum atomic E-state index is 11.9. The molecule has 19 heavy (non-hydrogen) atoms. The standard InChI is InChI=1S/C16H23NO2/c1-5-12(4)13-6-8-14(9-7-13)15(18)10-17-16(19)11(2)3/h6-9,11-12H,5,10H2,1-4H3,(H,17,19). The first-order chi connectivity index (χ1) is 8.95. The summed E-state index contributed by atoms with van der Waals surface area (Å²) in [5, 5.41) is 2.64. The normalized spacial score (nSPS) is 12.3. The molecule has 0 fully saturated rings. The summed E-state index contributed by atoms with van der Waals surface area (Å²) in [5.74, 6) is 0.264. The van der Waals surface area contributed by atoms with E-state index >= 15 is 0 Å². The molecule has 3 heteroatoms. The molecular formula is C16H23NO2. The third-order valence-corrected chi connectivity index (χ3v) is 3.36. The largest absolute Gasteiger partial charge is 0.348 e.